The van der Waals surface area contributed by atoms with Gasteiger partial charge >= 0.3 is 12.1 Å². The summed E-state index contributed by atoms with van der Waals surface area (Å²) in [5, 5.41) is 8.53. The first-order chi connectivity index (χ1) is 12.0. The monoisotopic (exact) mass is 344 g/mol. The van der Waals surface area contributed by atoms with E-state index in [2.05, 4.69) is 19.8 Å². The summed E-state index contributed by atoms with van der Waals surface area (Å²) in [7, 11) is 0. The van der Waals surface area contributed by atoms with Gasteiger partial charge in [-0.1, -0.05) is 35.5 Å². The third-order valence-electron chi connectivity index (χ3n) is 3.74. The molecule has 0 saturated heterocycles. The molecular formula is C17H11F3N4O. The van der Waals surface area contributed by atoms with Crippen LogP contribution in [0, 0.1) is 0 Å². The molecule has 0 amide bonds. The minimum Gasteiger partial charge on any atom is -0.329 e. The van der Waals surface area contributed by atoms with Crippen LogP contribution >= 0.6 is 0 Å². The van der Waals surface area contributed by atoms with E-state index in [0.717, 1.165) is 16.5 Å². The maximum atomic E-state index is 12.6. The van der Waals surface area contributed by atoms with Gasteiger partial charge in [0.1, 0.15) is 0 Å². The number of rotatable bonds is 3. The lowest BCUT2D eigenvalue weighted by Gasteiger charge is -2.04. The Morgan fingerprint density at radius 1 is 1.04 bits per heavy atom. The van der Waals surface area contributed by atoms with Crippen molar-refractivity contribution in [2.45, 2.75) is 12.7 Å². The normalized spacial score (nSPS) is 12.0. The number of nitrogens with zero attached hydrogens (tertiary/aromatic N) is 4. The van der Waals surface area contributed by atoms with Gasteiger partial charge in [-0.2, -0.15) is 23.3 Å². The van der Waals surface area contributed by atoms with Gasteiger partial charge in [-0.15, -0.1) is 0 Å². The largest absolute Gasteiger partial charge is 0.471 e. The van der Waals surface area contributed by atoms with Crippen molar-refractivity contribution < 1.29 is 17.7 Å². The molecule has 4 aromatic rings. The maximum absolute atomic E-state index is 12.6. The molecule has 8 heteroatoms. The first-order valence-corrected chi connectivity index (χ1v) is 7.41. The predicted octanol–water partition coefficient (Wildman–Crippen LogP) is 4.15. The molecule has 0 saturated carbocycles. The number of alkyl halides is 3. The van der Waals surface area contributed by atoms with Gasteiger partial charge in [-0.3, -0.25) is 4.68 Å². The fourth-order valence-corrected chi connectivity index (χ4v) is 2.56. The molecule has 0 atom stereocenters. The third kappa shape index (κ3) is 2.98. The van der Waals surface area contributed by atoms with E-state index in [1.165, 1.54) is 0 Å². The van der Waals surface area contributed by atoms with E-state index in [1.807, 2.05) is 35.0 Å². The fraction of sp³-hybridized carbons (Fsp3) is 0.118. The van der Waals surface area contributed by atoms with Crippen molar-refractivity contribution in [1.82, 2.24) is 19.9 Å². The van der Waals surface area contributed by atoms with Crippen LogP contribution in [-0.4, -0.2) is 19.9 Å². The van der Waals surface area contributed by atoms with Gasteiger partial charge in [-0.05, 0) is 23.8 Å². The van der Waals surface area contributed by atoms with Crippen molar-refractivity contribution >= 4 is 10.9 Å². The van der Waals surface area contributed by atoms with Gasteiger partial charge < -0.3 is 4.52 Å². The lowest BCUT2D eigenvalue weighted by Crippen LogP contribution is -2.04. The first-order valence-electron chi connectivity index (χ1n) is 7.41. The zero-order valence-corrected chi connectivity index (χ0v) is 12.7. The van der Waals surface area contributed by atoms with Gasteiger partial charge in [0.15, 0.2) is 0 Å². The molecule has 0 spiro atoms. The van der Waals surface area contributed by atoms with E-state index >= 15 is 0 Å². The number of halogens is 3. The highest BCUT2D eigenvalue weighted by molar-refractivity contribution is 5.83. The van der Waals surface area contributed by atoms with Gasteiger partial charge in [0.2, 0.25) is 5.82 Å². The third-order valence-corrected chi connectivity index (χ3v) is 3.74. The number of aromatic nitrogens is 4. The second kappa shape index (κ2) is 5.73. The lowest BCUT2D eigenvalue weighted by molar-refractivity contribution is -0.159. The summed E-state index contributed by atoms with van der Waals surface area (Å²) in [5.41, 5.74) is 2.41. The summed E-state index contributed by atoms with van der Waals surface area (Å²) in [5.74, 6) is -1.47. The van der Waals surface area contributed by atoms with Gasteiger partial charge in [0.25, 0.3) is 0 Å². The topological polar surface area (TPSA) is 56.7 Å². The smallest absolute Gasteiger partial charge is 0.329 e. The van der Waals surface area contributed by atoms with Crippen LogP contribution < -0.4 is 0 Å². The highest BCUT2D eigenvalue weighted by atomic mass is 19.4. The summed E-state index contributed by atoms with van der Waals surface area (Å²) >= 11 is 0. The summed E-state index contributed by atoms with van der Waals surface area (Å²) in [6.07, 6.45) is -3.00. The van der Waals surface area contributed by atoms with Crippen LogP contribution in [0.25, 0.3) is 22.3 Å². The molecule has 0 unspecified atom stereocenters. The molecule has 0 aliphatic heterocycles. The molecular weight excluding hydrogens is 333 g/mol. The van der Waals surface area contributed by atoms with Crippen molar-refractivity contribution in [1.29, 1.82) is 0 Å². The molecule has 25 heavy (non-hydrogen) atoms. The van der Waals surface area contributed by atoms with Gasteiger partial charge in [-0.25, -0.2) is 0 Å². The zero-order chi connectivity index (χ0) is 17.4. The molecule has 2 aromatic carbocycles. The predicted molar refractivity (Wildman–Crippen MR) is 83.6 cm³/mol. The molecule has 0 aliphatic rings. The number of hydrogen-bond acceptors (Lipinski definition) is 4. The molecule has 2 aromatic heterocycles. The SMILES string of the molecule is FC(F)(F)c1nc(-c2ccc3c(cnn3Cc3ccccc3)c2)no1. The standard InChI is InChI=1S/C17H11F3N4O/c18-17(19,20)16-22-15(23-25-16)12-6-7-14-13(8-12)9-21-24(14)10-11-4-2-1-3-5-11/h1-9H,10H2. The van der Waals surface area contributed by atoms with Crippen molar-refractivity contribution in [2.24, 2.45) is 0 Å². The summed E-state index contributed by atoms with van der Waals surface area (Å²) in [4.78, 5) is 3.40. The van der Waals surface area contributed by atoms with Crippen LogP contribution in [0.5, 0.6) is 0 Å². The van der Waals surface area contributed by atoms with E-state index in [1.54, 1.807) is 24.4 Å². The molecule has 0 bridgehead atoms. The minimum absolute atomic E-state index is 0.106. The highest BCUT2D eigenvalue weighted by Gasteiger charge is 2.38. The van der Waals surface area contributed by atoms with Crippen LogP contribution in [0.3, 0.4) is 0 Å². The van der Waals surface area contributed by atoms with Crippen LogP contribution in [-0.2, 0) is 12.7 Å². The highest BCUT2D eigenvalue weighted by Crippen LogP contribution is 2.30. The average Bonchev–Trinajstić information content (AvgIpc) is 3.23. The Morgan fingerprint density at radius 2 is 1.84 bits per heavy atom. The molecule has 4 rings (SSSR count). The van der Waals surface area contributed by atoms with Crippen LogP contribution in [0.2, 0.25) is 0 Å². The molecule has 2 heterocycles. The number of fused-ring (bicyclic) bond motifs is 1. The summed E-state index contributed by atoms with van der Waals surface area (Å²) in [6.45, 7) is 0.601. The Hall–Kier alpha value is -3.16. The Labute approximate surface area is 139 Å². The lowest BCUT2D eigenvalue weighted by atomic mass is 10.1. The van der Waals surface area contributed by atoms with Gasteiger partial charge in [0.05, 0.1) is 18.3 Å². The summed E-state index contributed by atoms with van der Waals surface area (Å²) < 4.78 is 43.8. The molecule has 126 valence electrons. The maximum Gasteiger partial charge on any atom is 0.471 e. The Bertz CT molecular complexity index is 1020. The van der Waals surface area contributed by atoms with Crippen LogP contribution in [0.4, 0.5) is 13.2 Å². The van der Waals surface area contributed by atoms with E-state index in [0.29, 0.717) is 12.1 Å². The Balaban J connectivity index is 1.67. The summed E-state index contributed by atoms with van der Waals surface area (Å²) in [6, 6.07) is 15.0. The zero-order valence-electron chi connectivity index (χ0n) is 12.7. The molecule has 0 aliphatic carbocycles. The van der Waals surface area contributed by atoms with E-state index < -0.39 is 12.1 Å². The van der Waals surface area contributed by atoms with Crippen molar-refractivity contribution in [3.8, 4) is 11.4 Å². The Morgan fingerprint density at radius 3 is 2.56 bits per heavy atom. The fourth-order valence-electron chi connectivity index (χ4n) is 2.56. The van der Waals surface area contributed by atoms with Crippen LogP contribution in [0.15, 0.2) is 59.3 Å². The molecule has 0 fully saturated rings. The van der Waals surface area contributed by atoms with Crippen LogP contribution in [0.1, 0.15) is 11.5 Å². The second-order valence-electron chi connectivity index (χ2n) is 5.48. The van der Waals surface area contributed by atoms with E-state index in [-0.39, 0.29) is 5.82 Å². The average molecular weight is 344 g/mol. The Kier molecular flexibility index (Phi) is 3.52. The van der Waals surface area contributed by atoms with E-state index in [9.17, 15) is 13.2 Å². The van der Waals surface area contributed by atoms with Crippen molar-refractivity contribution in [3.05, 3.63) is 66.2 Å². The molecule has 5 nitrogen and oxygen atoms in total. The quantitative estimate of drug-likeness (QED) is 0.560. The van der Waals surface area contributed by atoms with Gasteiger partial charge in [0, 0.05) is 10.9 Å². The molecule has 0 radical (unpaired) electrons. The van der Waals surface area contributed by atoms with Crippen molar-refractivity contribution in [2.75, 3.05) is 0 Å². The number of benzene rings is 2. The van der Waals surface area contributed by atoms with Crippen molar-refractivity contribution in [3.63, 3.8) is 0 Å². The number of hydrogen-bond donors (Lipinski definition) is 0. The first kappa shape index (κ1) is 15.4. The second-order valence-corrected chi connectivity index (χ2v) is 5.48. The van der Waals surface area contributed by atoms with E-state index in [4.69, 9.17) is 0 Å². The minimum atomic E-state index is -4.66. The molecule has 0 N–H and O–H groups in total.